The van der Waals surface area contributed by atoms with Gasteiger partial charge >= 0.3 is 68.9 Å². The first-order chi connectivity index (χ1) is 8.20. The van der Waals surface area contributed by atoms with Crippen LogP contribution in [0.2, 0.25) is 5.02 Å². The predicted molar refractivity (Wildman–Crippen MR) is 72.3 cm³/mol. The van der Waals surface area contributed by atoms with Crippen molar-refractivity contribution in [2.24, 2.45) is 5.92 Å². The van der Waals surface area contributed by atoms with Crippen molar-refractivity contribution in [2.45, 2.75) is 24.5 Å². The summed E-state index contributed by atoms with van der Waals surface area (Å²) in [4.78, 5) is 0. The molecule has 1 aromatic rings. The summed E-state index contributed by atoms with van der Waals surface area (Å²) in [5.74, 6) is 2.18. The van der Waals surface area contributed by atoms with Gasteiger partial charge in [0.25, 0.3) is 0 Å². The van der Waals surface area contributed by atoms with Crippen LogP contribution in [0.15, 0.2) is 18.2 Å². The van der Waals surface area contributed by atoms with E-state index in [1.54, 1.807) is 18.9 Å². The molecule has 1 aromatic carbocycles. The molecule has 1 saturated heterocycles. The molecule has 94 valence electrons. The smallest absolute Gasteiger partial charge is 0.542 e. The molecule has 1 aliphatic heterocycles. The molecular formula is C13H16ClCsO2S. The Kier molecular flexibility index (Phi) is 8.71. The Bertz CT molecular complexity index is 389. The van der Waals surface area contributed by atoms with E-state index in [-0.39, 0.29) is 74.3 Å². The molecule has 18 heavy (non-hydrogen) atoms. The number of thioether (sulfide) groups is 1. The molecule has 0 bridgehead atoms. The Morgan fingerprint density at radius 3 is 2.94 bits per heavy atom. The minimum absolute atomic E-state index is 0. The Hall–Kier alpha value is 1.67. The topological polar surface area (TPSA) is 18.5 Å². The number of halogens is 1. The van der Waals surface area contributed by atoms with E-state index in [1.807, 2.05) is 24.8 Å². The Morgan fingerprint density at radius 2 is 2.33 bits per heavy atom. The quantitative estimate of drug-likeness (QED) is 0.701. The van der Waals surface area contributed by atoms with Crippen molar-refractivity contribution < 1.29 is 78.4 Å². The van der Waals surface area contributed by atoms with Gasteiger partial charge in [0.15, 0.2) is 0 Å². The molecule has 2 atom stereocenters. The molecule has 2 rings (SSSR count). The van der Waals surface area contributed by atoms with Crippen LogP contribution in [0.1, 0.15) is 18.9 Å². The summed E-state index contributed by atoms with van der Waals surface area (Å²) in [6.07, 6.45) is 1.08. The number of rotatable bonds is 4. The molecule has 0 aliphatic carbocycles. The van der Waals surface area contributed by atoms with E-state index in [4.69, 9.17) is 21.1 Å². The summed E-state index contributed by atoms with van der Waals surface area (Å²) in [7, 11) is 1.65. The second-order valence-corrected chi connectivity index (χ2v) is 5.71. The molecule has 0 saturated carbocycles. The van der Waals surface area contributed by atoms with Crippen LogP contribution in [0.3, 0.4) is 0 Å². The summed E-state index contributed by atoms with van der Waals surface area (Å²) in [6, 6.07) is 5.83. The van der Waals surface area contributed by atoms with E-state index in [1.165, 1.54) is 0 Å². The van der Waals surface area contributed by atoms with Crippen LogP contribution in [0.5, 0.6) is 5.75 Å². The van der Waals surface area contributed by atoms with Crippen LogP contribution in [0.4, 0.5) is 0 Å². The SMILES string of the molecule is COc1c(Cl)cccc1CSC1C[C@@H](C)[CH-]O1.[Cs+]. The number of methoxy groups -OCH3 is 1. The normalized spacial score (nSPS) is 22.6. The van der Waals surface area contributed by atoms with Crippen LogP contribution >= 0.6 is 23.4 Å². The van der Waals surface area contributed by atoms with Crippen molar-refractivity contribution >= 4 is 23.4 Å². The average Bonchev–Trinajstić information content (AvgIpc) is 2.72. The van der Waals surface area contributed by atoms with Crippen LogP contribution in [-0.2, 0) is 10.5 Å². The molecule has 5 heteroatoms. The van der Waals surface area contributed by atoms with E-state index in [0.29, 0.717) is 10.9 Å². The van der Waals surface area contributed by atoms with Crippen LogP contribution in [0.25, 0.3) is 0 Å². The first-order valence-corrected chi connectivity index (χ1v) is 7.05. The first kappa shape index (κ1) is 17.7. The fourth-order valence-electron chi connectivity index (χ4n) is 1.82. The van der Waals surface area contributed by atoms with Crippen molar-refractivity contribution in [3.8, 4) is 5.75 Å². The van der Waals surface area contributed by atoms with E-state index in [2.05, 4.69) is 6.92 Å². The molecule has 0 aromatic heterocycles. The predicted octanol–water partition coefficient (Wildman–Crippen LogP) is 1.13. The van der Waals surface area contributed by atoms with Gasteiger partial charge in [-0.3, -0.25) is 0 Å². The van der Waals surface area contributed by atoms with Crippen LogP contribution in [0, 0.1) is 12.5 Å². The zero-order valence-electron chi connectivity index (χ0n) is 11.0. The van der Waals surface area contributed by atoms with Crippen molar-refractivity contribution in [1.29, 1.82) is 0 Å². The van der Waals surface area contributed by atoms with Crippen molar-refractivity contribution in [3.63, 3.8) is 0 Å². The number of hydrogen-bond acceptors (Lipinski definition) is 3. The number of benzene rings is 1. The summed E-state index contributed by atoms with van der Waals surface area (Å²) >= 11 is 7.86. The van der Waals surface area contributed by atoms with Gasteiger partial charge in [0, 0.05) is 11.3 Å². The van der Waals surface area contributed by atoms with E-state index >= 15 is 0 Å². The van der Waals surface area contributed by atoms with E-state index in [9.17, 15) is 0 Å². The fraction of sp³-hybridized carbons (Fsp3) is 0.462. The number of para-hydroxylation sites is 1. The van der Waals surface area contributed by atoms with Gasteiger partial charge in [-0.25, -0.2) is 6.61 Å². The summed E-state index contributed by atoms with van der Waals surface area (Å²) < 4.78 is 10.9. The van der Waals surface area contributed by atoms with E-state index in [0.717, 1.165) is 23.5 Å². The van der Waals surface area contributed by atoms with Crippen LogP contribution in [-0.4, -0.2) is 12.5 Å². The third kappa shape index (κ3) is 4.90. The zero-order valence-corrected chi connectivity index (χ0v) is 18.8. The standard InChI is InChI=1S/C13H16ClO2S.Cs/c1-9-6-12(16-7-9)17-8-10-4-3-5-11(14)13(10)15-2;/h3-5,7,9,12H,6,8H2,1-2H3;/q-1;+1/t9-,12?;/m1./s1. The minimum atomic E-state index is 0. The van der Waals surface area contributed by atoms with Gasteiger partial charge in [-0.1, -0.05) is 30.7 Å². The molecule has 2 nitrogen and oxygen atoms in total. The van der Waals surface area contributed by atoms with E-state index < -0.39 is 0 Å². The largest absolute Gasteiger partial charge is 1.00 e. The Labute approximate surface area is 177 Å². The molecule has 0 spiro atoms. The first-order valence-electron chi connectivity index (χ1n) is 5.62. The second-order valence-electron chi connectivity index (χ2n) is 4.16. The maximum absolute atomic E-state index is 6.08. The van der Waals surface area contributed by atoms with Gasteiger partial charge in [-0.05, 0) is 12.5 Å². The third-order valence-electron chi connectivity index (χ3n) is 2.70. The van der Waals surface area contributed by atoms with Crippen molar-refractivity contribution in [3.05, 3.63) is 35.4 Å². The number of hydrogen-bond donors (Lipinski definition) is 0. The average molecular weight is 405 g/mol. The summed E-state index contributed by atoms with van der Waals surface area (Å²) in [5.41, 5.74) is 1.38. The third-order valence-corrected chi connectivity index (χ3v) is 4.15. The summed E-state index contributed by atoms with van der Waals surface area (Å²) in [6.45, 7) is 4.09. The minimum Gasteiger partial charge on any atom is -0.542 e. The van der Waals surface area contributed by atoms with Gasteiger partial charge < -0.3 is 9.47 Å². The Balaban J connectivity index is 0.00000162. The van der Waals surface area contributed by atoms with Gasteiger partial charge in [0.1, 0.15) is 5.75 Å². The van der Waals surface area contributed by atoms with Gasteiger partial charge in [-0.2, -0.15) is 0 Å². The van der Waals surface area contributed by atoms with Crippen LogP contribution < -0.4 is 73.6 Å². The molecule has 0 radical (unpaired) electrons. The fourth-order valence-corrected chi connectivity index (χ4v) is 3.27. The van der Waals surface area contributed by atoms with Crippen molar-refractivity contribution in [1.82, 2.24) is 0 Å². The molecule has 1 unspecified atom stereocenters. The number of ether oxygens (including phenoxy) is 2. The molecule has 1 fully saturated rings. The maximum Gasteiger partial charge on any atom is 1.00 e. The monoisotopic (exact) mass is 404 g/mol. The maximum atomic E-state index is 6.08. The van der Waals surface area contributed by atoms with Crippen molar-refractivity contribution in [2.75, 3.05) is 7.11 Å². The molecule has 0 N–H and O–H groups in total. The molecule has 1 aliphatic rings. The molecule has 0 amide bonds. The Morgan fingerprint density at radius 1 is 1.56 bits per heavy atom. The van der Waals surface area contributed by atoms with Gasteiger partial charge in [0.05, 0.1) is 17.6 Å². The molecule has 1 heterocycles. The van der Waals surface area contributed by atoms with Gasteiger partial charge in [0.2, 0.25) is 0 Å². The molecular weight excluding hydrogens is 389 g/mol. The zero-order chi connectivity index (χ0) is 12.3. The second kappa shape index (κ2) is 8.85. The summed E-state index contributed by atoms with van der Waals surface area (Å²) in [5, 5.41) is 0.665. The van der Waals surface area contributed by atoms with Gasteiger partial charge in [-0.15, -0.1) is 17.7 Å².